The molecule has 2 unspecified atom stereocenters. The number of nitrogens with two attached hydrogens (primary N) is 1. The van der Waals surface area contributed by atoms with Crippen LogP contribution in [0.5, 0.6) is 0 Å². The Morgan fingerprint density at radius 2 is 1.97 bits per heavy atom. The molecule has 2 bridgehead atoms. The Morgan fingerprint density at radius 3 is 2.67 bits per heavy atom. The third kappa shape index (κ3) is 2.94. The maximum Gasteiger partial charge on any atom is 0.254 e. The Hall–Kier alpha value is -3.52. The zero-order valence-corrected chi connectivity index (χ0v) is 18.2. The minimum absolute atomic E-state index is 0.132. The monoisotopic (exact) mass is 439 g/mol. The summed E-state index contributed by atoms with van der Waals surface area (Å²) in [6.45, 7) is 2.56. The van der Waals surface area contributed by atoms with E-state index < -0.39 is 0 Å². The van der Waals surface area contributed by atoms with E-state index in [9.17, 15) is 4.79 Å². The topological polar surface area (TPSA) is 100 Å². The van der Waals surface area contributed by atoms with Crippen LogP contribution in [0.2, 0.25) is 0 Å². The van der Waals surface area contributed by atoms with Crippen LogP contribution in [0.4, 0.5) is 17.3 Å². The summed E-state index contributed by atoms with van der Waals surface area (Å²) >= 11 is 0. The molecule has 3 aromatic rings. The first kappa shape index (κ1) is 19.0. The number of anilines is 3. The molecule has 4 aliphatic rings. The van der Waals surface area contributed by atoms with E-state index in [0.29, 0.717) is 23.7 Å². The Morgan fingerprint density at radius 1 is 1.12 bits per heavy atom. The van der Waals surface area contributed by atoms with Gasteiger partial charge >= 0.3 is 0 Å². The lowest BCUT2D eigenvalue weighted by Crippen LogP contribution is -2.46. The number of nitrogens with one attached hydrogen (secondary N) is 1. The molecule has 3 aliphatic heterocycles. The second-order valence-electron chi connectivity index (χ2n) is 9.80. The van der Waals surface area contributed by atoms with E-state index in [4.69, 9.17) is 5.73 Å². The number of piperazine rings is 1. The van der Waals surface area contributed by atoms with Crippen molar-refractivity contribution in [3.63, 3.8) is 0 Å². The summed E-state index contributed by atoms with van der Waals surface area (Å²) in [5, 5.41) is 3.47. The fourth-order valence-corrected chi connectivity index (χ4v) is 5.74. The lowest BCUT2D eigenvalue weighted by molar-refractivity contribution is 0.0716. The Labute approximate surface area is 191 Å². The van der Waals surface area contributed by atoms with E-state index in [-0.39, 0.29) is 11.3 Å². The van der Waals surface area contributed by atoms with E-state index >= 15 is 0 Å². The van der Waals surface area contributed by atoms with Crippen molar-refractivity contribution < 1.29 is 4.79 Å². The summed E-state index contributed by atoms with van der Waals surface area (Å²) in [4.78, 5) is 31.2. The number of benzene rings is 1. The minimum atomic E-state index is 0.132. The van der Waals surface area contributed by atoms with Gasteiger partial charge in [-0.2, -0.15) is 0 Å². The summed E-state index contributed by atoms with van der Waals surface area (Å²) in [6.07, 6.45) is 8.67. The molecule has 2 atom stereocenters. The first-order chi connectivity index (χ1) is 16.1. The highest BCUT2D eigenvalue weighted by molar-refractivity contribution is 5.96. The standard InChI is InChI=1S/C25H25N7O/c26-17-3-6-27-21(8-17)16-10-29-24(30-11-16)32-14-25(4-5-25)20-2-1-15(7-22(20)32)23(33)31-13-18-9-19(31)12-28-18/h1-3,6-8,10-11,18-19,28H,4-5,9,12-14H2,(H2,26,27). The molecule has 1 aromatic carbocycles. The normalized spacial score (nSPS) is 23.9. The number of hydrogen-bond acceptors (Lipinski definition) is 7. The summed E-state index contributed by atoms with van der Waals surface area (Å²) < 4.78 is 0. The van der Waals surface area contributed by atoms with Crippen LogP contribution in [0, 0.1) is 0 Å². The van der Waals surface area contributed by atoms with E-state index in [1.165, 1.54) is 5.56 Å². The summed E-state index contributed by atoms with van der Waals surface area (Å²) in [5.74, 6) is 0.786. The van der Waals surface area contributed by atoms with Gasteiger partial charge in [0.15, 0.2) is 0 Å². The third-order valence-electron chi connectivity index (χ3n) is 7.70. The second kappa shape index (κ2) is 6.74. The SMILES string of the molecule is Nc1ccnc(-c2cnc(N3CC4(CC4)c4ccc(C(=O)N5CC6CC5CN6)cc43)nc2)c1. The number of hydrogen-bond donors (Lipinski definition) is 2. The number of rotatable bonds is 3. The van der Waals surface area contributed by atoms with Crippen LogP contribution >= 0.6 is 0 Å². The summed E-state index contributed by atoms with van der Waals surface area (Å²) in [5.41, 5.74) is 11.4. The number of amides is 1. The molecule has 1 amide bonds. The van der Waals surface area contributed by atoms with Crippen molar-refractivity contribution in [1.82, 2.24) is 25.2 Å². The molecule has 7 rings (SSSR count). The highest BCUT2D eigenvalue weighted by Gasteiger charge is 2.52. The van der Waals surface area contributed by atoms with Crippen molar-refractivity contribution in [3.05, 3.63) is 60.0 Å². The molecule has 2 saturated heterocycles. The van der Waals surface area contributed by atoms with Crippen molar-refractivity contribution in [1.29, 1.82) is 0 Å². The average molecular weight is 440 g/mol. The molecule has 1 saturated carbocycles. The molecule has 33 heavy (non-hydrogen) atoms. The summed E-state index contributed by atoms with van der Waals surface area (Å²) in [7, 11) is 0. The van der Waals surface area contributed by atoms with Gasteiger partial charge in [0.1, 0.15) is 0 Å². The van der Waals surface area contributed by atoms with Crippen LogP contribution in [0.25, 0.3) is 11.3 Å². The molecular formula is C25H25N7O. The van der Waals surface area contributed by atoms with Crippen molar-refractivity contribution in [3.8, 4) is 11.3 Å². The van der Waals surface area contributed by atoms with Crippen LogP contribution in [0.15, 0.2) is 48.9 Å². The molecule has 166 valence electrons. The van der Waals surface area contributed by atoms with Crippen molar-refractivity contribution in [2.45, 2.75) is 36.8 Å². The zero-order chi connectivity index (χ0) is 22.2. The van der Waals surface area contributed by atoms with Gasteiger partial charge < -0.3 is 20.9 Å². The number of carbonyl (C=O) groups is 1. The highest BCUT2D eigenvalue weighted by Crippen LogP contribution is 2.57. The van der Waals surface area contributed by atoms with E-state index in [1.807, 2.05) is 17.0 Å². The lowest BCUT2D eigenvalue weighted by atomic mass is 9.97. The van der Waals surface area contributed by atoms with E-state index in [0.717, 1.165) is 61.4 Å². The molecule has 0 radical (unpaired) electrons. The van der Waals surface area contributed by atoms with Gasteiger partial charge in [0.25, 0.3) is 5.91 Å². The predicted octanol–water partition coefficient (Wildman–Crippen LogP) is 2.49. The molecule has 1 aliphatic carbocycles. The molecule has 3 N–H and O–H groups in total. The van der Waals surface area contributed by atoms with Crippen LogP contribution < -0.4 is 16.0 Å². The van der Waals surface area contributed by atoms with Crippen molar-refractivity contribution >= 4 is 23.2 Å². The second-order valence-corrected chi connectivity index (χ2v) is 9.80. The number of fused-ring (bicyclic) bond motifs is 4. The van der Waals surface area contributed by atoms with Gasteiger partial charge in [0.2, 0.25) is 5.95 Å². The van der Waals surface area contributed by atoms with Gasteiger partial charge in [0, 0.05) is 78.2 Å². The van der Waals surface area contributed by atoms with Crippen molar-refractivity contribution in [2.24, 2.45) is 0 Å². The first-order valence-electron chi connectivity index (χ1n) is 11.6. The quantitative estimate of drug-likeness (QED) is 0.647. The third-order valence-corrected chi connectivity index (χ3v) is 7.70. The van der Waals surface area contributed by atoms with Gasteiger partial charge in [0.05, 0.1) is 5.69 Å². The van der Waals surface area contributed by atoms with Crippen LogP contribution in [0.3, 0.4) is 0 Å². The van der Waals surface area contributed by atoms with Gasteiger partial charge in [-0.05, 0) is 49.1 Å². The maximum absolute atomic E-state index is 13.3. The molecule has 5 heterocycles. The van der Waals surface area contributed by atoms with Crippen LogP contribution in [-0.2, 0) is 5.41 Å². The van der Waals surface area contributed by atoms with Gasteiger partial charge in [-0.15, -0.1) is 0 Å². The number of likely N-dealkylation sites (tertiary alicyclic amines) is 1. The van der Waals surface area contributed by atoms with Crippen LogP contribution in [-0.4, -0.2) is 57.5 Å². The number of pyridine rings is 1. The lowest BCUT2D eigenvalue weighted by Gasteiger charge is -2.28. The fourth-order valence-electron chi connectivity index (χ4n) is 5.74. The zero-order valence-electron chi connectivity index (χ0n) is 18.2. The molecule has 2 aromatic heterocycles. The maximum atomic E-state index is 13.3. The largest absolute Gasteiger partial charge is 0.399 e. The predicted molar refractivity (Wildman–Crippen MR) is 125 cm³/mol. The van der Waals surface area contributed by atoms with Crippen molar-refractivity contribution in [2.75, 3.05) is 30.3 Å². The molecule has 8 heteroatoms. The number of nitrogens with zero attached hydrogens (tertiary/aromatic N) is 5. The number of aromatic nitrogens is 3. The Balaban J connectivity index is 1.21. The molecular weight excluding hydrogens is 414 g/mol. The van der Waals surface area contributed by atoms with Crippen LogP contribution in [0.1, 0.15) is 35.2 Å². The van der Waals surface area contributed by atoms with E-state index in [1.54, 1.807) is 24.7 Å². The fraction of sp³-hybridized carbons (Fsp3) is 0.360. The average Bonchev–Trinajstić information content (AvgIpc) is 3.16. The molecule has 3 fully saturated rings. The summed E-state index contributed by atoms with van der Waals surface area (Å²) in [6, 6.07) is 10.6. The Bertz CT molecular complexity index is 1270. The van der Waals surface area contributed by atoms with Gasteiger partial charge in [-0.1, -0.05) is 6.07 Å². The van der Waals surface area contributed by atoms with E-state index in [2.05, 4.69) is 37.3 Å². The van der Waals surface area contributed by atoms with Gasteiger partial charge in [-0.25, -0.2) is 9.97 Å². The Kier molecular flexibility index (Phi) is 3.88. The number of carbonyl (C=O) groups excluding carboxylic acids is 1. The molecule has 8 nitrogen and oxygen atoms in total. The number of nitrogen functional groups attached to an aromatic ring is 1. The smallest absolute Gasteiger partial charge is 0.254 e. The van der Waals surface area contributed by atoms with Gasteiger partial charge in [-0.3, -0.25) is 9.78 Å². The molecule has 1 spiro atoms. The first-order valence-corrected chi connectivity index (χ1v) is 11.6. The highest BCUT2D eigenvalue weighted by atomic mass is 16.2. The minimum Gasteiger partial charge on any atom is -0.399 e.